The molecule has 8 heteroatoms. The summed E-state index contributed by atoms with van der Waals surface area (Å²) in [6.07, 6.45) is 0. The molecule has 0 saturated carbocycles. The minimum Gasteiger partial charge on any atom is -0.496 e. The van der Waals surface area contributed by atoms with E-state index in [0.717, 1.165) is 11.3 Å². The maximum atomic E-state index is 12.4. The van der Waals surface area contributed by atoms with Crippen LogP contribution >= 0.6 is 11.8 Å². The third-order valence-electron chi connectivity index (χ3n) is 4.47. The molecular weight excluding hydrogens is 392 g/mol. The number of hydrogen-bond donors (Lipinski definition) is 2. The van der Waals surface area contributed by atoms with Crippen LogP contribution in [0.25, 0.3) is 0 Å². The maximum absolute atomic E-state index is 12.4. The number of carbonyl (C=O) groups is 2. The van der Waals surface area contributed by atoms with E-state index in [4.69, 9.17) is 14.2 Å². The molecule has 0 radical (unpaired) electrons. The van der Waals surface area contributed by atoms with Gasteiger partial charge in [-0.25, -0.2) is 0 Å². The first-order valence-corrected chi connectivity index (χ1v) is 10.1. The molecule has 7 nitrogen and oxygen atoms in total. The van der Waals surface area contributed by atoms with E-state index in [9.17, 15) is 9.59 Å². The Morgan fingerprint density at radius 3 is 2.59 bits per heavy atom. The molecule has 2 heterocycles. The van der Waals surface area contributed by atoms with Crippen LogP contribution in [-0.4, -0.2) is 31.0 Å². The summed E-state index contributed by atoms with van der Waals surface area (Å²) < 4.78 is 16.0. The summed E-state index contributed by atoms with van der Waals surface area (Å²) in [5, 5.41) is 5.71. The number of ether oxygens (including phenoxy) is 3. The molecule has 29 heavy (non-hydrogen) atoms. The zero-order valence-electron chi connectivity index (χ0n) is 15.8. The van der Waals surface area contributed by atoms with Gasteiger partial charge in [0.1, 0.15) is 10.7 Å². The first kappa shape index (κ1) is 19.2. The van der Waals surface area contributed by atoms with Crippen LogP contribution in [0.15, 0.2) is 53.1 Å². The Morgan fingerprint density at radius 1 is 1.00 bits per heavy atom. The smallest absolute Gasteiger partial charge is 0.265 e. The second kappa shape index (κ2) is 8.48. The molecule has 2 aliphatic rings. The highest BCUT2D eigenvalue weighted by molar-refractivity contribution is 8.04. The Kier molecular flexibility index (Phi) is 5.62. The van der Waals surface area contributed by atoms with Crippen LogP contribution in [0, 0.1) is 0 Å². The second-order valence-corrected chi connectivity index (χ2v) is 7.59. The molecule has 0 atom stereocenters. The predicted octanol–water partition coefficient (Wildman–Crippen LogP) is 3.28. The summed E-state index contributed by atoms with van der Waals surface area (Å²) in [5.74, 6) is 2.38. The lowest BCUT2D eigenvalue weighted by molar-refractivity contribution is -0.112. The summed E-state index contributed by atoms with van der Waals surface area (Å²) in [7, 11) is 0. The van der Waals surface area contributed by atoms with Gasteiger partial charge in [0.15, 0.2) is 11.5 Å². The van der Waals surface area contributed by atoms with Gasteiger partial charge in [0.05, 0.1) is 6.61 Å². The zero-order chi connectivity index (χ0) is 20.2. The van der Waals surface area contributed by atoms with Gasteiger partial charge in [-0.05, 0) is 48.9 Å². The molecule has 2 amide bonds. The van der Waals surface area contributed by atoms with Crippen molar-refractivity contribution in [2.75, 3.05) is 24.5 Å². The topological polar surface area (TPSA) is 85.9 Å². The third kappa shape index (κ3) is 4.48. The second-order valence-electron chi connectivity index (χ2n) is 6.48. The fourth-order valence-electron chi connectivity index (χ4n) is 2.96. The largest absolute Gasteiger partial charge is 0.496 e. The van der Waals surface area contributed by atoms with E-state index >= 15 is 0 Å². The van der Waals surface area contributed by atoms with Gasteiger partial charge in [0.25, 0.3) is 11.8 Å². The number of hydrogen-bond acceptors (Lipinski definition) is 6. The van der Waals surface area contributed by atoms with Crippen LogP contribution < -0.4 is 20.1 Å². The fraction of sp³-hybridized carbons (Fsp3) is 0.238. The number of anilines is 1. The number of thioether (sulfide) groups is 1. The van der Waals surface area contributed by atoms with Crippen LogP contribution in [0.3, 0.4) is 0 Å². The van der Waals surface area contributed by atoms with Gasteiger partial charge in [-0.1, -0.05) is 6.07 Å². The molecular formula is C21H20N2O5S. The van der Waals surface area contributed by atoms with Gasteiger partial charge >= 0.3 is 0 Å². The van der Waals surface area contributed by atoms with E-state index in [0.29, 0.717) is 46.6 Å². The lowest BCUT2D eigenvalue weighted by atomic mass is 10.1. The van der Waals surface area contributed by atoms with Crippen molar-refractivity contribution in [3.63, 3.8) is 0 Å². The first-order chi connectivity index (χ1) is 14.1. The average molecular weight is 412 g/mol. The molecule has 0 aliphatic carbocycles. The average Bonchev–Trinajstić information content (AvgIpc) is 3.20. The van der Waals surface area contributed by atoms with Crippen LogP contribution in [0.1, 0.15) is 22.8 Å². The van der Waals surface area contributed by atoms with Gasteiger partial charge in [-0.3, -0.25) is 9.59 Å². The summed E-state index contributed by atoms with van der Waals surface area (Å²) in [6, 6.07) is 12.3. The van der Waals surface area contributed by atoms with Gasteiger partial charge in [-0.15, -0.1) is 11.8 Å². The number of nitrogens with one attached hydrogen (secondary N) is 2. The molecule has 0 fully saturated rings. The highest BCUT2D eigenvalue weighted by atomic mass is 32.2. The molecule has 0 bridgehead atoms. The number of benzene rings is 2. The molecule has 0 aromatic heterocycles. The Balaban J connectivity index is 1.33. The van der Waals surface area contributed by atoms with Crippen LogP contribution in [-0.2, 0) is 16.1 Å². The maximum Gasteiger partial charge on any atom is 0.265 e. The van der Waals surface area contributed by atoms with Crippen molar-refractivity contribution < 1.29 is 23.8 Å². The summed E-state index contributed by atoms with van der Waals surface area (Å²) >= 11 is 1.48. The SMILES string of the molecule is CC1=C(C(=O)Nc2ccc(C(=O)NCc3ccc4c(c3)OCO4)cc2)SCCO1. The summed E-state index contributed by atoms with van der Waals surface area (Å²) in [5.41, 5.74) is 2.05. The highest BCUT2D eigenvalue weighted by Gasteiger charge is 2.19. The van der Waals surface area contributed by atoms with Gasteiger partial charge in [0.2, 0.25) is 6.79 Å². The Labute approximate surface area is 172 Å². The monoisotopic (exact) mass is 412 g/mol. The van der Waals surface area contributed by atoms with Crippen molar-refractivity contribution in [2.24, 2.45) is 0 Å². The number of rotatable bonds is 5. The number of allylic oxidation sites excluding steroid dienone is 1. The van der Waals surface area contributed by atoms with Crippen molar-refractivity contribution in [2.45, 2.75) is 13.5 Å². The summed E-state index contributed by atoms with van der Waals surface area (Å²) in [6.45, 7) is 2.99. The fourth-order valence-corrected chi connectivity index (χ4v) is 3.77. The van der Waals surface area contributed by atoms with E-state index < -0.39 is 0 Å². The Bertz CT molecular complexity index is 972. The van der Waals surface area contributed by atoms with E-state index in [2.05, 4.69) is 10.6 Å². The quantitative estimate of drug-likeness (QED) is 0.784. The molecule has 0 saturated heterocycles. The number of carbonyl (C=O) groups excluding carboxylic acids is 2. The van der Waals surface area contributed by atoms with Gasteiger partial charge in [-0.2, -0.15) is 0 Å². The van der Waals surface area contributed by atoms with Gasteiger partial charge in [0, 0.05) is 23.5 Å². The van der Waals surface area contributed by atoms with E-state index in [1.54, 1.807) is 31.2 Å². The van der Waals surface area contributed by atoms with Crippen LogP contribution in [0.5, 0.6) is 11.5 Å². The minimum absolute atomic E-state index is 0.199. The molecule has 0 unspecified atom stereocenters. The van der Waals surface area contributed by atoms with Crippen molar-refractivity contribution in [1.29, 1.82) is 0 Å². The van der Waals surface area contributed by atoms with Crippen molar-refractivity contribution in [3.8, 4) is 11.5 Å². The third-order valence-corrected chi connectivity index (χ3v) is 5.60. The molecule has 2 aromatic carbocycles. The molecule has 4 rings (SSSR count). The van der Waals surface area contributed by atoms with Crippen LogP contribution in [0.2, 0.25) is 0 Å². The molecule has 2 N–H and O–H groups in total. The van der Waals surface area contributed by atoms with E-state index in [1.807, 2.05) is 18.2 Å². The molecule has 150 valence electrons. The normalized spacial score (nSPS) is 14.9. The molecule has 0 spiro atoms. The Morgan fingerprint density at radius 2 is 1.79 bits per heavy atom. The summed E-state index contributed by atoms with van der Waals surface area (Å²) in [4.78, 5) is 25.3. The lowest BCUT2D eigenvalue weighted by Crippen LogP contribution is -2.23. The molecule has 2 aliphatic heterocycles. The predicted molar refractivity (Wildman–Crippen MR) is 110 cm³/mol. The Hall–Kier alpha value is -3.13. The first-order valence-electron chi connectivity index (χ1n) is 9.15. The van der Waals surface area contributed by atoms with Crippen LogP contribution in [0.4, 0.5) is 5.69 Å². The van der Waals surface area contributed by atoms with E-state index in [1.165, 1.54) is 11.8 Å². The van der Waals surface area contributed by atoms with Crippen molar-refractivity contribution in [3.05, 3.63) is 64.3 Å². The highest BCUT2D eigenvalue weighted by Crippen LogP contribution is 2.32. The van der Waals surface area contributed by atoms with Crippen molar-refractivity contribution >= 4 is 29.3 Å². The number of amides is 2. The lowest BCUT2D eigenvalue weighted by Gasteiger charge is -2.17. The zero-order valence-corrected chi connectivity index (χ0v) is 16.6. The standard InChI is InChI=1S/C21H20N2O5S/c1-13-19(29-9-8-26-13)21(25)23-16-5-3-15(4-6-16)20(24)22-11-14-2-7-17-18(10-14)28-12-27-17/h2-7,10H,8-9,11-12H2,1H3,(H,22,24)(H,23,25). The van der Waals surface area contributed by atoms with Gasteiger partial charge < -0.3 is 24.8 Å². The number of fused-ring (bicyclic) bond motifs is 1. The van der Waals surface area contributed by atoms with Crippen molar-refractivity contribution in [1.82, 2.24) is 5.32 Å². The van der Waals surface area contributed by atoms with E-state index in [-0.39, 0.29) is 18.6 Å². The minimum atomic E-state index is -0.202. The molecule has 2 aromatic rings.